The number of carbonyl (C=O) groups is 2. The van der Waals surface area contributed by atoms with E-state index in [1.165, 1.54) is 6.08 Å². The summed E-state index contributed by atoms with van der Waals surface area (Å²) in [6, 6.07) is 4.93. The van der Waals surface area contributed by atoms with Gasteiger partial charge in [0.25, 0.3) is 5.91 Å². The first-order chi connectivity index (χ1) is 9.67. The Bertz CT molecular complexity index is 677. The van der Waals surface area contributed by atoms with Crippen molar-refractivity contribution in [1.82, 2.24) is 5.32 Å². The largest absolute Gasteiger partial charge is 0.478 e. The standard InChI is InChI=1S/C14H17NO5S/c1-10-7-11(3-4-13(16)17)9-12(8-10)14(18)15-5-6-21(2,19)20/h3-4,7-9H,5-6H2,1-2H3,(H,15,18)(H,16,17)/b4-3+. The molecule has 0 radical (unpaired) electrons. The van der Waals surface area contributed by atoms with E-state index in [1.807, 2.05) is 0 Å². The van der Waals surface area contributed by atoms with Crippen LogP contribution in [0.1, 0.15) is 21.5 Å². The summed E-state index contributed by atoms with van der Waals surface area (Å²) in [6.45, 7) is 1.82. The van der Waals surface area contributed by atoms with Crippen molar-refractivity contribution in [2.24, 2.45) is 0 Å². The van der Waals surface area contributed by atoms with Crippen LogP contribution in [-0.4, -0.2) is 44.0 Å². The molecule has 0 heterocycles. The minimum atomic E-state index is -3.13. The van der Waals surface area contributed by atoms with Gasteiger partial charge in [0.1, 0.15) is 9.84 Å². The van der Waals surface area contributed by atoms with Crippen molar-refractivity contribution >= 4 is 27.8 Å². The van der Waals surface area contributed by atoms with Crippen molar-refractivity contribution in [1.29, 1.82) is 0 Å². The molecule has 0 fully saturated rings. The van der Waals surface area contributed by atoms with E-state index < -0.39 is 21.7 Å². The SMILES string of the molecule is Cc1cc(/C=C/C(=O)O)cc(C(=O)NCCS(C)(=O)=O)c1. The van der Waals surface area contributed by atoms with E-state index in [1.54, 1.807) is 25.1 Å². The monoisotopic (exact) mass is 311 g/mol. The second kappa shape index (κ2) is 7.03. The summed E-state index contributed by atoms with van der Waals surface area (Å²) in [4.78, 5) is 22.4. The lowest BCUT2D eigenvalue weighted by Crippen LogP contribution is -2.28. The van der Waals surface area contributed by atoms with Crippen LogP contribution in [0.25, 0.3) is 6.08 Å². The van der Waals surface area contributed by atoms with Crippen LogP contribution in [0.3, 0.4) is 0 Å². The number of aryl methyl sites for hydroxylation is 1. The Morgan fingerprint density at radius 1 is 1.29 bits per heavy atom. The van der Waals surface area contributed by atoms with Crippen molar-refractivity contribution in [2.75, 3.05) is 18.6 Å². The third-order valence-electron chi connectivity index (χ3n) is 2.54. The van der Waals surface area contributed by atoms with Crippen molar-refractivity contribution in [3.05, 3.63) is 41.0 Å². The molecule has 0 aliphatic carbocycles. The fourth-order valence-corrected chi connectivity index (χ4v) is 2.13. The number of hydrogen-bond donors (Lipinski definition) is 2. The smallest absolute Gasteiger partial charge is 0.328 e. The van der Waals surface area contributed by atoms with Crippen LogP contribution in [0.4, 0.5) is 0 Å². The number of nitrogens with one attached hydrogen (secondary N) is 1. The number of rotatable bonds is 6. The van der Waals surface area contributed by atoms with Crippen molar-refractivity contribution in [3.8, 4) is 0 Å². The molecule has 7 heteroatoms. The zero-order chi connectivity index (χ0) is 16.0. The zero-order valence-electron chi connectivity index (χ0n) is 11.8. The molecule has 2 N–H and O–H groups in total. The molecule has 0 saturated heterocycles. The second-order valence-corrected chi connectivity index (χ2v) is 6.95. The van der Waals surface area contributed by atoms with Crippen molar-refractivity contribution < 1.29 is 23.1 Å². The summed E-state index contributed by atoms with van der Waals surface area (Å²) in [5, 5.41) is 11.1. The number of benzene rings is 1. The predicted octanol–water partition coefficient (Wildman–Crippen LogP) is 0.867. The number of sulfone groups is 1. The maximum atomic E-state index is 11.9. The van der Waals surface area contributed by atoms with Crippen LogP contribution in [0.2, 0.25) is 0 Å². The Morgan fingerprint density at radius 2 is 1.95 bits per heavy atom. The highest BCUT2D eigenvalue weighted by molar-refractivity contribution is 7.90. The zero-order valence-corrected chi connectivity index (χ0v) is 12.6. The van der Waals surface area contributed by atoms with Crippen LogP contribution < -0.4 is 5.32 Å². The van der Waals surface area contributed by atoms with Crippen molar-refractivity contribution in [3.63, 3.8) is 0 Å². The van der Waals surface area contributed by atoms with Gasteiger partial charge < -0.3 is 10.4 Å². The van der Waals surface area contributed by atoms with E-state index >= 15 is 0 Å². The third-order valence-corrected chi connectivity index (χ3v) is 3.48. The summed E-state index contributed by atoms with van der Waals surface area (Å²) >= 11 is 0. The first-order valence-corrected chi connectivity index (χ1v) is 8.22. The fourth-order valence-electron chi connectivity index (χ4n) is 1.66. The van der Waals surface area contributed by atoms with E-state index in [2.05, 4.69) is 5.32 Å². The Hall–Kier alpha value is -2.15. The second-order valence-electron chi connectivity index (χ2n) is 4.69. The van der Waals surface area contributed by atoms with Gasteiger partial charge in [-0.15, -0.1) is 0 Å². The molecular weight excluding hydrogens is 294 g/mol. The van der Waals surface area contributed by atoms with Gasteiger partial charge in [0.2, 0.25) is 0 Å². The molecule has 0 aliphatic heterocycles. The van der Waals surface area contributed by atoms with Crippen LogP contribution in [0.5, 0.6) is 0 Å². The van der Waals surface area contributed by atoms with Gasteiger partial charge >= 0.3 is 5.97 Å². The maximum Gasteiger partial charge on any atom is 0.328 e. The van der Waals surface area contributed by atoms with Gasteiger partial charge in [-0.3, -0.25) is 4.79 Å². The summed E-state index contributed by atoms with van der Waals surface area (Å²) < 4.78 is 22.0. The Labute approximate surface area is 123 Å². The molecule has 1 aromatic carbocycles. The van der Waals surface area contributed by atoms with Crippen LogP contribution in [-0.2, 0) is 14.6 Å². The van der Waals surface area contributed by atoms with E-state index in [-0.39, 0.29) is 12.3 Å². The molecule has 1 aromatic rings. The summed E-state index contributed by atoms with van der Waals surface area (Å²) in [5.41, 5.74) is 1.75. The summed E-state index contributed by atoms with van der Waals surface area (Å²) in [5.74, 6) is -1.60. The Kier molecular flexibility index (Phi) is 5.66. The van der Waals surface area contributed by atoms with E-state index in [9.17, 15) is 18.0 Å². The number of amides is 1. The number of hydrogen-bond acceptors (Lipinski definition) is 4. The first kappa shape index (κ1) is 16.9. The van der Waals surface area contributed by atoms with Gasteiger partial charge in [0.15, 0.2) is 0 Å². The minimum absolute atomic E-state index is 0.0336. The lowest BCUT2D eigenvalue weighted by Gasteiger charge is -2.06. The highest BCUT2D eigenvalue weighted by atomic mass is 32.2. The highest BCUT2D eigenvalue weighted by Gasteiger charge is 2.08. The molecule has 1 amide bonds. The predicted molar refractivity (Wildman–Crippen MR) is 79.9 cm³/mol. The number of carboxylic acid groups (broad SMARTS) is 1. The molecule has 0 bridgehead atoms. The Morgan fingerprint density at radius 3 is 2.52 bits per heavy atom. The molecule has 114 valence electrons. The molecule has 0 aromatic heterocycles. The van der Waals surface area contributed by atoms with Gasteiger partial charge in [0.05, 0.1) is 5.75 Å². The molecule has 1 rings (SSSR count). The molecular formula is C14H17NO5S. The van der Waals surface area contributed by atoms with Crippen molar-refractivity contribution in [2.45, 2.75) is 6.92 Å². The third kappa shape index (κ3) is 6.71. The van der Waals surface area contributed by atoms with Crippen LogP contribution >= 0.6 is 0 Å². The van der Waals surface area contributed by atoms with Crippen LogP contribution in [0, 0.1) is 6.92 Å². The summed E-state index contributed by atoms with van der Waals surface area (Å²) in [7, 11) is -3.13. The number of carboxylic acids is 1. The fraction of sp³-hybridized carbons (Fsp3) is 0.286. The molecule has 0 spiro atoms. The van der Waals surface area contributed by atoms with E-state index in [4.69, 9.17) is 5.11 Å². The molecule has 21 heavy (non-hydrogen) atoms. The normalized spacial score (nSPS) is 11.5. The molecule has 0 unspecified atom stereocenters. The number of carbonyl (C=O) groups excluding carboxylic acids is 1. The number of aliphatic carboxylic acids is 1. The lowest BCUT2D eigenvalue weighted by atomic mass is 10.1. The first-order valence-electron chi connectivity index (χ1n) is 6.16. The van der Waals surface area contributed by atoms with E-state index in [0.29, 0.717) is 11.1 Å². The van der Waals surface area contributed by atoms with Gasteiger partial charge in [0, 0.05) is 24.4 Å². The van der Waals surface area contributed by atoms with Gasteiger partial charge in [-0.05, 0) is 36.3 Å². The topological polar surface area (TPSA) is 101 Å². The van der Waals surface area contributed by atoms with E-state index in [0.717, 1.165) is 17.9 Å². The minimum Gasteiger partial charge on any atom is -0.478 e. The lowest BCUT2D eigenvalue weighted by molar-refractivity contribution is -0.131. The molecule has 0 aliphatic rings. The molecule has 0 saturated carbocycles. The van der Waals surface area contributed by atoms with Gasteiger partial charge in [-0.2, -0.15) is 0 Å². The van der Waals surface area contributed by atoms with Gasteiger partial charge in [-0.25, -0.2) is 13.2 Å². The quantitative estimate of drug-likeness (QED) is 0.759. The Balaban J connectivity index is 2.82. The summed E-state index contributed by atoms with van der Waals surface area (Å²) in [6.07, 6.45) is 3.48. The molecule has 0 atom stereocenters. The average molecular weight is 311 g/mol. The average Bonchev–Trinajstić information content (AvgIpc) is 2.34. The maximum absolute atomic E-state index is 11.9. The van der Waals surface area contributed by atoms with Gasteiger partial charge in [-0.1, -0.05) is 6.07 Å². The molecule has 6 nitrogen and oxygen atoms in total. The highest BCUT2D eigenvalue weighted by Crippen LogP contribution is 2.11. The van der Waals surface area contributed by atoms with Crippen LogP contribution in [0.15, 0.2) is 24.3 Å².